The summed E-state index contributed by atoms with van der Waals surface area (Å²) in [6.45, 7) is 0.115. The molecule has 2 N–H and O–H groups in total. The number of nitrogens with one attached hydrogen (secondary N) is 1. The van der Waals surface area contributed by atoms with Crippen molar-refractivity contribution < 1.29 is 14.7 Å². The van der Waals surface area contributed by atoms with E-state index in [4.69, 9.17) is 16.7 Å². The highest BCUT2D eigenvalue weighted by Gasteiger charge is 2.44. The van der Waals surface area contributed by atoms with Gasteiger partial charge in [-0.15, -0.1) is 0 Å². The van der Waals surface area contributed by atoms with Crippen LogP contribution >= 0.6 is 27.5 Å². The number of carboxylic acid groups (broad SMARTS) is 1. The van der Waals surface area contributed by atoms with E-state index in [0.29, 0.717) is 17.3 Å². The quantitative estimate of drug-likeness (QED) is 0.820. The van der Waals surface area contributed by atoms with Gasteiger partial charge in [-0.2, -0.15) is 0 Å². The van der Waals surface area contributed by atoms with Crippen LogP contribution in [0.15, 0.2) is 16.7 Å². The van der Waals surface area contributed by atoms with Gasteiger partial charge in [-0.25, -0.2) is 4.98 Å². The van der Waals surface area contributed by atoms with E-state index in [1.165, 1.54) is 6.20 Å². The summed E-state index contributed by atoms with van der Waals surface area (Å²) >= 11 is 9.05. The molecule has 102 valence electrons. The number of hydrogen-bond acceptors (Lipinski definition) is 3. The number of amides is 1. The Labute approximate surface area is 123 Å². The lowest BCUT2D eigenvalue weighted by atomic mass is 9.69. The van der Waals surface area contributed by atoms with E-state index >= 15 is 0 Å². The third-order valence-corrected chi connectivity index (χ3v) is 4.14. The lowest BCUT2D eigenvalue weighted by Crippen LogP contribution is -2.47. The van der Waals surface area contributed by atoms with Crippen molar-refractivity contribution in [1.29, 1.82) is 0 Å². The van der Waals surface area contributed by atoms with Crippen molar-refractivity contribution in [3.63, 3.8) is 0 Å². The molecule has 1 aromatic rings. The number of nitrogens with zero attached hydrogens (tertiary/aromatic N) is 1. The summed E-state index contributed by atoms with van der Waals surface area (Å²) < 4.78 is 0.638. The maximum absolute atomic E-state index is 12.0. The largest absolute Gasteiger partial charge is 0.481 e. The van der Waals surface area contributed by atoms with E-state index in [0.717, 1.165) is 6.42 Å². The summed E-state index contributed by atoms with van der Waals surface area (Å²) in [4.78, 5) is 27.0. The van der Waals surface area contributed by atoms with E-state index in [1.807, 2.05) is 0 Å². The van der Waals surface area contributed by atoms with Crippen LogP contribution in [0.4, 0.5) is 0 Å². The van der Waals surface area contributed by atoms with Crippen LogP contribution in [0.2, 0.25) is 5.15 Å². The number of halogens is 2. The van der Waals surface area contributed by atoms with Crippen LogP contribution in [0.5, 0.6) is 0 Å². The van der Waals surface area contributed by atoms with Gasteiger partial charge in [0.05, 0.1) is 11.0 Å². The molecule has 1 amide bonds. The number of aromatic nitrogens is 1. The number of aliphatic carboxylic acids is 1. The second kappa shape index (κ2) is 5.46. The molecule has 19 heavy (non-hydrogen) atoms. The molecule has 0 spiro atoms. The Balaban J connectivity index is 2.05. The maximum Gasteiger partial charge on any atom is 0.311 e. The average Bonchev–Trinajstić information content (AvgIpc) is 2.30. The highest BCUT2D eigenvalue weighted by atomic mass is 79.9. The molecule has 0 atom stereocenters. The molecule has 0 unspecified atom stereocenters. The number of pyridine rings is 1. The average molecular weight is 348 g/mol. The van der Waals surface area contributed by atoms with Crippen molar-refractivity contribution >= 4 is 39.4 Å². The molecule has 5 nitrogen and oxygen atoms in total. The number of carbonyl (C=O) groups excluding carboxylic acids is 1. The molecule has 1 fully saturated rings. The van der Waals surface area contributed by atoms with Gasteiger partial charge < -0.3 is 10.4 Å². The van der Waals surface area contributed by atoms with Crippen molar-refractivity contribution in [3.05, 3.63) is 27.5 Å². The van der Waals surface area contributed by atoms with Crippen LogP contribution in [0, 0.1) is 5.41 Å². The van der Waals surface area contributed by atoms with Gasteiger partial charge in [0.15, 0.2) is 0 Å². The standard InChI is InChI=1S/C12H12BrClN2O3/c13-7-4-8(9(14)15-5-7)10(17)16-6-12(11(18)19)2-1-3-12/h4-5H,1-3,6H2,(H,16,17)(H,18,19). The fourth-order valence-electron chi connectivity index (χ4n) is 2.00. The van der Waals surface area contributed by atoms with Gasteiger partial charge in [-0.3, -0.25) is 9.59 Å². The summed E-state index contributed by atoms with van der Waals surface area (Å²) in [5.41, 5.74) is -0.586. The molecular weight excluding hydrogens is 336 g/mol. The topological polar surface area (TPSA) is 79.3 Å². The minimum absolute atomic E-state index is 0.0960. The zero-order valence-corrected chi connectivity index (χ0v) is 12.3. The molecule has 1 heterocycles. The molecule has 1 aliphatic carbocycles. The van der Waals surface area contributed by atoms with Crippen molar-refractivity contribution in [1.82, 2.24) is 10.3 Å². The molecule has 1 aliphatic rings. The molecular formula is C12H12BrClN2O3. The van der Waals surface area contributed by atoms with E-state index in [1.54, 1.807) is 6.07 Å². The summed E-state index contributed by atoms with van der Waals surface area (Å²) in [7, 11) is 0. The zero-order valence-electron chi connectivity index (χ0n) is 9.95. The Morgan fingerprint density at radius 1 is 1.53 bits per heavy atom. The first-order valence-electron chi connectivity index (χ1n) is 5.77. The first kappa shape index (κ1) is 14.3. The van der Waals surface area contributed by atoms with Gasteiger partial charge in [0, 0.05) is 17.2 Å². The van der Waals surface area contributed by atoms with E-state index < -0.39 is 17.3 Å². The number of carbonyl (C=O) groups is 2. The summed E-state index contributed by atoms with van der Waals surface area (Å²) in [6.07, 6.45) is 3.55. The molecule has 0 radical (unpaired) electrons. The SMILES string of the molecule is O=C(NCC1(C(=O)O)CCC1)c1cc(Br)cnc1Cl. The number of hydrogen-bond donors (Lipinski definition) is 2. The molecule has 1 aromatic heterocycles. The molecule has 1 saturated carbocycles. The predicted octanol–water partition coefficient (Wildman–Crippen LogP) is 2.48. The van der Waals surface area contributed by atoms with Crippen LogP contribution in [0.25, 0.3) is 0 Å². The lowest BCUT2D eigenvalue weighted by molar-refractivity contribution is -0.153. The molecule has 0 saturated heterocycles. The fourth-order valence-corrected chi connectivity index (χ4v) is 2.52. The predicted molar refractivity (Wildman–Crippen MR) is 73.2 cm³/mol. The van der Waals surface area contributed by atoms with Crippen molar-refractivity contribution in [2.45, 2.75) is 19.3 Å². The van der Waals surface area contributed by atoms with E-state index in [-0.39, 0.29) is 17.3 Å². The van der Waals surface area contributed by atoms with Gasteiger partial charge in [0.2, 0.25) is 0 Å². The summed E-state index contributed by atoms with van der Waals surface area (Å²) in [5.74, 6) is -1.27. The second-order valence-electron chi connectivity index (χ2n) is 4.61. The Hall–Kier alpha value is -1.14. The van der Waals surface area contributed by atoms with Gasteiger partial charge in [0.1, 0.15) is 5.15 Å². The van der Waals surface area contributed by atoms with Gasteiger partial charge in [-0.1, -0.05) is 18.0 Å². The molecule has 0 bridgehead atoms. The summed E-state index contributed by atoms with van der Waals surface area (Å²) in [5, 5.41) is 11.9. The summed E-state index contributed by atoms with van der Waals surface area (Å²) in [6, 6.07) is 1.55. The Morgan fingerprint density at radius 3 is 2.74 bits per heavy atom. The third kappa shape index (κ3) is 2.90. The highest BCUT2D eigenvalue weighted by molar-refractivity contribution is 9.10. The lowest BCUT2D eigenvalue weighted by Gasteiger charge is -2.37. The molecule has 0 aromatic carbocycles. The van der Waals surface area contributed by atoms with Gasteiger partial charge >= 0.3 is 5.97 Å². The minimum Gasteiger partial charge on any atom is -0.481 e. The second-order valence-corrected chi connectivity index (χ2v) is 5.89. The van der Waals surface area contributed by atoms with Crippen molar-refractivity contribution in [2.24, 2.45) is 5.41 Å². The monoisotopic (exact) mass is 346 g/mol. The minimum atomic E-state index is -0.863. The molecule has 7 heteroatoms. The Bertz CT molecular complexity index is 532. The van der Waals surface area contributed by atoms with Crippen molar-refractivity contribution in [2.75, 3.05) is 6.54 Å². The third-order valence-electron chi connectivity index (χ3n) is 3.40. The van der Waals surface area contributed by atoms with E-state index in [9.17, 15) is 9.59 Å². The Morgan fingerprint density at radius 2 is 2.21 bits per heavy atom. The van der Waals surface area contributed by atoms with Crippen molar-refractivity contribution in [3.8, 4) is 0 Å². The zero-order chi connectivity index (χ0) is 14.0. The van der Waals surface area contributed by atoms with E-state index in [2.05, 4.69) is 26.2 Å². The first-order valence-corrected chi connectivity index (χ1v) is 6.94. The fraction of sp³-hybridized carbons (Fsp3) is 0.417. The number of rotatable bonds is 4. The highest BCUT2D eigenvalue weighted by Crippen LogP contribution is 2.40. The van der Waals surface area contributed by atoms with Crippen LogP contribution in [0.1, 0.15) is 29.6 Å². The van der Waals surface area contributed by atoms with Crippen LogP contribution in [-0.2, 0) is 4.79 Å². The van der Waals surface area contributed by atoms with Crippen LogP contribution < -0.4 is 5.32 Å². The van der Waals surface area contributed by atoms with Crippen LogP contribution in [0.3, 0.4) is 0 Å². The number of carboxylic acids is 1. The van der Waals surface area contributed by atoms with Gasteiger partial charge in [0.25, 0.3) is 5.91 Å². The van der Waals surface area contributed by atoms with Gasteiger partial charge in [-0.05, 0) is 34.8 Å². The molecule has 2 rings (SSSR count). The Kier molecular flexibility index (Phi) is 4.10. The molecule has 0 aliphatic heterocycles. The van der Waals surface area contributed by atoms with Crippen LogP contribution in [-0.4, -0.2) is 28.5 Å². The maximum atomic E-state index is 12.0. The normalized spacial score (nSPS) is 16.5. The first-order chi connectivity index (χ1) is 8.94. The smallest absolute Gasteiger partial charge is 0.311 e.